The van der Waals surface area contributed by atoms with Gasteiger partial charge in [0.15, 0.2) is 0 Å². The van der Waals surface area contributed by atoms with E-state index in [-0.39, 0.29) is 23.1 Å². The Morgan fingerprint density at radius 1 is 1.10 bits per heavy atom. The topological polar surface area (TPSA) is 113 Å². The van der Waals surface area contributed by atoms with E-state index in [1.807, 2.05) is 0 Å². The first kappa shape index (κ1) is 18.4. The van der Waals surface area contributed by atoms with Crippen LogP contribution in [0.2, 0.25) is 0 Å². The number of hydrogen-bond donors (Lipinski definition) is 3. The Hall–Kier alpha value is -4.01. The molecular formula is C20H16FN5O3. The van der Waals surface area contributed by atoms with Gasteiger partial charge in [0.25, 0.3) is 5.56 Å². The van der Waals surface area contributed by atoms with Crippen LogP contribution in [0.4, 0.5) is 4.39 Å². The number of aromatic nitrogens is 4. The summed E-state index contributed by atoms with van der Waals surface area (Å²) < 4.78 is 14.9. The molecule has 3 heterocycles. The molecule has 4 rings (SSSR count). The number of pyridine rings is 1. The van der Waals surface area contributed by atoms with Crippen LogP contribution in [0.25, 0.3) is 22.2 Å². The van der Waals surface area contributed by atoms with E-state index in [0.717, 1.165) is 10.1 Å². The smallest absolute Gasteiger partial charge is 0.329 e. The molecule has 1 amide bonds. The number of H-pyrrole nitrogens is 2. The molecule has 146 valence electrons. The van der Waals surface area contributed by atoms with Crippen LogP contribution in [-0.2, 0) is 17.9 Å². The molecule has 3 aromatic heterocycles. The third-order valence-electron chi connectivity index (χ3n) is 4.49. The van der Waals surface area contributed by atoms with Crippen LogP contribution < -0.4 is 16.6 Å². The van der Waals surface area contributed by atoms with E-state index in [1.165, 1.54) is 12.3 Å². The van der Waals surface area contributed by atoms with Gasteiger partial charge in [0.1, 0.15) is 17.9 Å². The highest BCUT2D eigenvalue weighted by Crippen LogP contribution is 2.27. The normalized spacial score (nSPS) is 10.9. The van der Waals surface area contributed by atoms with E-state index in [1.54, 1.807) is 42.7 Å². The van der Waals surface area contributed by atoms with Gasteiger partial charge < -0.3 is 15.3 Å². The molecule has 3 N–H and O–H groups in total. The summed E-state index contributed by atoms with van der Waals surface area (Å²) in [5, 5.41) is 2.64. The minimum absolute atomic E-state index is 0.0860. The highest BCUT2D eigenvalue weighted by molar-refractivity contribution is 5.92. The monoisotopic (exact) mass is 393 g/mol. The van der Waals surface area contributed by atoms with E-state index in [2.05, 4.69) is 20.3 Å². The van der Waals surface area contributed by atoms with Crippen LogP contribution in [0.1, 0.15) is 5.56 Å². The zero-order valence-electron chi connectivity index (χ0n) is 15.1. The van der Waals surface area contributed by atoms with Crippen LogP contribution in [0.3, 0.4) is 0 Å². The van der Waals surface area contributed by atoms with Crippen molar-refractivity contribution in [2.24, 2.45) is 0 Å². The van der Waals surface area contributed by atoms with Crippen molar-refractivity contribution in [3.63, 3.8) is 0 Å². The molecule has 1 aromatic carbocycles. The largest absolute Gasteiger partial charge is 0.355 e. The summed E-state index contributed by atoms with van der Waals surface area (Å²) in [5.41, 5.74) is 0.261. The molecule has 4 aromatic rings. The molecule has 0 aliphatic rings. The van der Waals surface area contributed by atoms with Crippen molar-refractivity contribution in [3.8, 4) is 11.1 Å². The van der Waals surface area contributed by atoms with Crippen LogP contribution in [0.5, 0.6) is 0 Å². The number of carbonyl (C=O) groups excluding carboxylic acids is 1. The lowest BCUT2D eigenvalue weighted by Crippen LogP contribution is -2.40. The molecule has 0 bridgehead atoms. The average molecular weight is 393 g/mol. The number of fused-ring (bicyclic) bond motifs is 1. The highest BCUT2D eigenvalue weighted by Gasteiger charge is 2.17. The molecule has 0 radical (unpaired) electrons. The number of halogens is 1. The van der Waals surface area contributed by atoms with Crippen molar-refractivity contribution in [3.05, 3.63) is 87.2 Å². The van der Waals surface area contributed by atoms with Gasteiger partial charge in [0.2, 0.25) is 5.91 Å². The maximum absolute atomic E-state index is 14.1. The number of benzene rings is 1. The molecule has 0 aliphatic carbocycles. The molecule has 0 saturated heterocycles. The molecule has 0 aliphatic heterocycles. The summed E-state index contributed by atoms with van der Waals surface area (Å²) in [5.74, 6) is -0.977. The van der Waals surface area contributed by atoms with Gasteiger partial charge in [-0.25, -0.2) is 13.8 Å². The second kappa shape index (κ2) is 7.55. The molecular weight excluding hydrogens is 377 g/mol. The molecule has 9 heteroatoms. The Bertz CT molecular complexity index is 1310. The fraction of sp³-hybridized carbons (Fsp3) is 0.100. The average Bonchev–Trinajstić information content (AvgIpc) is 3.14. The summed E-state index contributed by atoms with van der Waals surface area (Å²) in [7, 11) is 0. The summed E-state index contributed by atoms with van der Waals surface area (Å²) in [6.07, 6.45) is 4.67. The third-order valence-corrected chi connectivity index (χ3v) is 4.49. The number of carbonyl (C=O) groups is 1. The number of rotatable bonds is 5. The highest BCUT2D eigenvalue weighted by atomic mass is 19.1. The van der Waals surface area contributed by atoms with Crippen molar-refractivity contribution in [1.82, 2.24) is 24.8 Å². The second-order valence-corrected chi connectivity index (χ2v) is 6.39. The molecule has 8 nitrogen and oxygen atoms in total. The van der Waals surface area contributed by atoms with E-state index in [0.29, 0.717) is 5.56 Å². The molecule has 0 unspecified atom stereocenters. The summed E-state index contributed by atoms with van der Waals surface area (Å²) in [6.45, 7) is -0.222. The van der Waals surface area contributed by atoms with Gasteiger partial charge in [-0.1, -0.05) is 24.3 Å². The number of amides is 1. The quantitative estimate of drug-likeness (QED) is 0.477. The fourth-order valence-corrected chi connectivity index (χ4v) is 3.06. The van der Waals surface area contributed by atoms with Crippen LogP contribution >= 0.6 is 0 Å². The molecule has 0 saturated carbocycles. The maximum Gasteiger partial charge on any atom is 0.329 e. The van der Waals surface area contributed by atoms with E-state index in [9.17, 15) is 18.8 Å². The van der Waals surface area contributed by atoms with Crippen LogP contribution in [0.15, 0.2) is 64.6 Å². The molecule has 0 spiro atoms. The minimum Gasteiger partial charge on any atom is -0.355 e. The number of aromatic amines is 2. The fourth-order valence-electron chi connectivity index (χ4n) is 3.06. The number of nitrogens with zero attached hydrogens (tertiary/aromatic N) is 2. The predicted octanol–water partition coefficient (Wildman–Crippen LogP) is 1.54. The first-order chi connectivity index (χ1) is 14.0. The Kier molecular flexibility index (Phi) is 4.78. The number of nitrogens with one attached hydrogen (secondary N) is 3. The molecule has 29 heavy (non-hydrogen) atoms. The van der Waals surface area contributed by atoms with E-state index in [4.69, 9.17) is 0 Å². The second-order valence-electron chi connectivity index (χ2n) is 6.39. The van der Waals surface area contributed by atoms with Gasteiger partial charge in [-0.3, -0.25) is 14.6 Å². The first-order valence-electron chi connectivity index (χ1n) is 8.79. The maximum atomic E-state index is 14.1. The van der Waals surface area contributed by atoms with E-state index >= 15 is 0 Å². The van der Waals surface area contributed by atoms with Gasteiger partial charge >= 0.3 is 5.69 Å². The van der Waals surface area contributed by atoms with E-state index < -0.39 is 29.5 Å². The summed E-state index contributed by atoms with van der Waals surface area (Å²) >= 11 is 0. The standard InChI is InChI=1S/C20H16FN5O3/c21-15-6-2-1-5-13(15)14-10-24-18-17(14)25-20(29)26(19(18)28)11-16(27)23-9-12-4-3-7-22-8-12/h1-8,10,24H,9,11H2,(H,23,27)(H,25,29). The zero-order valence-corrected chi connectivity index (χ0v) is 15.1. The minimum atomic E-state index is -0.754. The SMILES string of the molecule is O=C(Cn1c(=O)[nH]c2c(-c3ccccc3F)c[nH]c2c1=O)NCc1cccnc1. The van der Waals surface area contributed by atoms with Crippen molar-refractivity contribution >= 4 is 16.9 Å². The van der Waals surface area contributed by atoms with Gasteiger partial charge in [-0.15, -0.1) is 0 Å². The molecule has 0 atom stereocenters. The van der Waals surface area contributed by atoms with Crippen molar-refractivity contribution in [2.45, 2.75) is 13.1 Å². The third kappa shape index (κ3) is 3.57. The lowest BCUT2D eigenvalue weighted by Gasteiger charge is -2.07. The lowest BCUT2D eigenvalue weighted by atomic mass is 10.1. The van der Waals surface area contributed by atoms with Gasteiger partial charge in [-0.05, 0) is 17.7 Å². The Morgan fingerprint density at radius 3 is 2.69 bits per heavy atom. The van der Waals surface area contributed by atoms with Gasteiger partial charge in [0, 0.05) is 36.3 Å². The summed E-state index contributed by atoms with van der Waals surface area (Å²) in [4.78, 5) is 46.6. The van der Waals surface area contributed by atoms with Crippen molar-refractivity contribution in [2.75, 3.05) is 0 Å². The first-order valence-corrected chi connectivity index (χ1v) is 8.79. The predicted molar refractivity (Wildman–Crippen MR) is 105 cm³/mol. The lowest BCUT2D eigenvalue weighted by molar-refractivity contribution is -0.121. The van der Waals surface area contributed by atoms with Gasteiger partial charge in [-0.2, -0.15) is 0 Å². The van der Waals surface area contributed by atoms with Crippen LogP contribution in [-0.4, -0.2) is 25.4 Å². The van der Waals surface area contributed by atoms with Crippen LogP contribution in [0, 0.1) is 5.82 Å². The summed E-state index contributed by atoms with van der Waals surface area (Å²) in [6, 6.07) is 9.58. The number of hydrogen-bond acceptors (Lipinski definition) is 4. The molecule has 0 fully saturated rings. The van der Waals surface area contributed by atoms with Gasteiger partial charge in [0.05, 0.1) is 5.52 Å². The van der Waals surface area contributed by atoms with Crippen molar-refractivity contribution in [1.29, 1.82) is 0 Å². The Morgan fingerprint density at radius 2 is 1.93 bits per heavy atom. The van der Waals surface area contributed by atoms with Crippen molar-refractivity contribution < 1.29 is 9.18 Å². The Balaban J connectivity index is 1.63. The Labute approximate surface area is 163 Å². The zero-order chi connectivity index (χ0) is 20.4.